The highest BCUT2D eigenvalue weighted by molar-refractivity contribution is 7.99. The van der Waals surface area contributed by atoms with Gasteiger partial charge in [-0.1, -0.05) is 12.1 Å². The summed E-state index contributed by atoms with van der Waals surface area (Å²) in [5.41, 5.74) is 0. The molecule has 5 heteroatoms. The largest absolute Gasteiger partial charge is 0.353 e. The molecule has 0 radical (unpaired) electrons. The Morgan fingerprint density at radius 2 is 1.95 bits per heavy atom. The maximum absolute atomic E-state index is 4.69. The number of hydrogen-bond acceptors (Lipinski definition) is 5. The van der Waals surface area contributed by atoms with E-state index in [-0.39, 0.29) is 0 Å². The van der Waals surface area contributed by atoms with Gasteiger partial charge in [-0.2, -0.15) is 16.1 Å². The lowest BCUT2D eigenvalue weighted by Gasteiger charge is -2.38. The summed E-state index contributed by atoms with van der Waals surface area (Å²) in [6.07, 6.45) is 1.38. The van der Waals surface area contributed by atoms with Gasteiger partial charge in [0.1, 0.15) is 5.82 Å². The van der Waals surface area contributed by atoms with Crippen molar-refractivity contribution in [1.29, 1.82) is 0 Å². The molecule has 1 atom stereocenters. The quantitative estimate of drug-likeness (QED) is 0.849. The molecule has 2 aliphatic heterocycles. The average Bonchev–Trinajstić information content (AvgIpc) is 3.17. The molecule has 2 aliphatic rings. The predicted molar refractivity (Wildman–Crippen MR) is 89.1 cm³/mol. The van der Waals surface area contributed by atoms with Crippen LogP contribution in [0, 0.1) is 0 Å². The van der Waals surface area contributed by atoms with Crippen LogP contribution in [0.2, 0.25) is 0 Å². The Morgan fingerprint density at radius 3 is 2.75 bits per heavy atom. The summed E-state index contributed by atoms with van der Waals surface area (Å²) in [5, 5.41) is 1.32. The van der Waals surface area contributed by atoms with Crippen molar-refractivity contribution in [2.75, 3.05) is 42.6 Å². The molecule has 1 aromatic carbocycles. The Bertz CT molecular complexity index is 584. The third-order valence-electron chi connectivity index (χ3n) is 4.39. The number of nitrogens with zero attached hydrogens (tertiary/aromatic N) is 3. The van der Waals surface area contributed by atoms with E-state index in [1.807, 2.05) is 0 Å². The minimum absolute atomic E-state index is 0.828. The average molecular weight is 305 g/mol. The van der Waals surface area contributed by atoms with E-state index in [1.54, 1.807) is 11.5 Å². The molecule has 2 saturated heterocycles. The van der Waals surface area contributed by atoms with Gasteiger partial charge in [0.15, 0.2) is 0 Å². The Morgan fingerprint density at radius 1 is 1.10 bits per heavy atom. The zero-order valence-corrected chi connectivity index (χ0v) is 13.1. The van der Waals surface area contributed by atoms with Gasteiger partial charge < -0.3 is 4.90 Å². The highest BCUT2D eigenvalue weighted by Crippen LogP contribution is 2.30. The van der Waals surface area contributed by atoms with Crippen LogP contribution in [0.1, 0.15) is 6.42 Å². The smallest absolute Gasteiger partial charge is 0.150 e. The standard InChI is InChI=1S/C15H19N3S2/c1-2-4-14-13(3-1)15(16-20-14)18-8-6-17(7-9-18)12-5-10-19-11-12/h1-4,12H,5-11H2. The van der Waals surface area contributed by atoms with Crippen LogP contribution in [0.5, 0.6) is 0 Å². The van der Waals surface area contributed by atoms with Crippen molar-refractivity contribution in [3.63, 3.8) is 0 Å². The van der Waals surface area contributed by atoms with Crippen LogP contribution >= 0.6 is 23.3 Å². The van der Waals surface area contributed by atoms with Gasteiger partial charge in [0.2, 0.25) is 0 Å². The second-order valence-electron chi connectivity index (χ2n) is 5.54. The summed E-state index contributed by atoms with van der Waals surface area (Å²) in [5.74, 6) is 3.88. The maximum Gasteiger partial charge on any atom is 0.150 e. The molecule has 0 amide bonds. The van der Waals surface area contributed by atoms with Crippen LogP contribution in [0.25, 0.3) is 10.1 Å². The molecule has 3 nitrogen and oxygen atoms in total. The van der Waals surface area contributed by atoms with Crippen LogP contribution in [0.3, 0.4) is 0 Å². The molecule has 2 fully saturated rings. The van der Waals surface area contributed by atoms with Crippen molar-refractivity contribution >= 4 is 39.2 Å². The summed E-state index contributed by atoms with van der Waals surface area (Å²) < 4.78 is 5.99. The maximum atomic E-state index is 4.69. The topological polar surface area (TPSA) is 19.4 Å². The van der Waals surface area contributed by atoms with Gasteiger partial charge in [-0.25, -0.2) is 0 Å². The summed E-state index contributed by atoms with van der Waals surface area (Å²) >= 11 is 3.74. The molecule has 1 aromatic heterocycles. The Balaban J connectivity index is 1.48. The van der Waals surface area contributed by atoms with Gasteiger partial charge in [0.05, 0.1) is 4.70 Å². The fourth-order valence-corrected chi connectivity index (χ4v) is 5.26. The SMILES string of the molecule is c1ccc2c(N3CCN(C4CCSC4)CC3)nsc2c1. The van der Waals surface area contributed by atoms with Crippen LogP contribution in [0.15, 0.2) is 24.3 Å². The summed E-state index contributed by atoms with van der Waals surface area (Å²) in [4.78, 5) is 5.16. The number of hydrogen-bond donors (Lipinski definition) is 0. The number of rotatable bonds is 2. The van der Waals surface area contributed by atoms with E-state index in [1.165, 1.54) is 46.9 Å². The minimum atomic E-state index is 0.828. The van der Waals surface area contributed by atoms with Crippen molar-refractivity contribution in [3.8, 4) is 0 Å². The van der Waals surface area contributed by atoms with E-state index in [9.17, 15) is 0 Å². The van der Waals surface area contributed by atoms with E-state index in [4.69, 9.17) is 0 Å². The van der Waals surface area contributed by atoms with Gasteiger partial charge in [-0.15, -0.1) is 0 Å². The summed E-state index contributed by atoms with van der Waals surface area (Å²) in [6.45, 7) is 4.62. The van der Waals surface area contributed by atoms with E-state index in [2.05, 4.69) is 50.2 Å². The van der Waals surface area contributed by atoms with Crippen molar-refractivity contribution in [1.82, 2.24) is 9.27 Å². The van der Waals surface area contributed by atoms with Crippen molar-refractivity contribution in [3.05, 3.63) is 24.3 Å². The molecular formula is C15H19N3S2. The molecule has 20 heavy (non-hydrogen) atoms. The number of piperazine rings is 1. The first kappa shape index (κ1) is 12.9. The molecule has 106 valence electrons. The molecule has 0 saturated carbocycles. The minimum Gasteiger partial charge on any atom is -0.353 e. The first-order chi connectivity index (χ1) is 9.92. The Labute approximate surface area is 128 Å². The van der Waals surface area contributed by atoms with Crippen LogP contribution in [-0.4, -0.2) is 53.0 Å². The van der Waals surface area contributed by atoms with Gasteiger partial charge >= 0.3 is 0 Å². The molecular weight excluding hydrogens is 286 g/mol. The van der Waals surface area contributed by atoms with Crippen molar-refractivity contribution in [2.24, 2.45) is 0 Å². The van der Waals surface area contributed by atoms with Gasteiger partial charge in [-0.3, -0.25) is 4.90 Å². The highest BCUT2D eigenvalue weighted by Gasteiger charge is 2.27. The first-order valence-electron chi connectivity index (χ1n) is 7.33. The molecule has 0 aliphatic carbocycles. The van der Waals surface area contributed by atoms with Crippen LogP contribution < -0.4 is 4.90 Å². The van der Waals surface area contributed by atoms with Crippen LogP contribution in [-0.2, 0) is 0 Å². The lowest BCUT2D eigenvalue weighted by Crippen LogP contribution is -2.50. The number of thioether (sulfide) groups is 1. The second kappa shape index (κ2) is 5.54. The summed E-state index contributed by atoms with van der Waals surface area (Å²) in [6, 6.07) is 9.41. The fourth-order valence-electron chi connectivity index (χ4n) is 3.21. The third-order valence-corrected chi connectivity index (χ3v) is 6.36. The van der Waals surface area contributed by atoms with Crippen molar-refractivity contribution in [2.45, 2.75) is 12.5 Å². The molecule has 0 spiro atoms. The highest BCUT2D eigenvalue weighted by atomic mass is 32.2. The molecule has 0 N–H and O–H groups in total. The normalized spacial score (nSPS) is 24.6. The van der Waals surface area contributed by atoms with E-state index in [0.29, 0.717) is 0 Å². The molecule has 4 rings (SSSR count). The lowest BCUT2D eigenvalue weighted by atomic mass is 10.2. The van der Waals surface area contributed by atoms with Gasteiger partial charge in [0.25, 0.3) is 0 Å². The number of benzene rings is 1. The lowest BCUT2D eigenvalue weighted by molar-refractivity contribution is 0.201. The van der Waals surface area contributed by atoms with Gasteiger partial charge in [-0.05, 0) is 35.8 Å². The Kier molecular flexibility index (Phi) is 3.58. The molecule has 2 aromatic rings. The van der Waals surface area contributed by atoms with Crippen LogP contribution in [0.4, 0.5) is 5.82 Å². The number of anilines is 1. The second-order valence-corrected chi connectivity index (χ2v) is 7.50. The van der Waals surface area contributed by atoms with Gasteiger partial charge in [0, 0.05) is 43.4 Å². The van der Waals surface area contributed by atoms with E-state index >= 15 is 0 Å². The van der Waals surface area contributed by atoms with Crippen molar-refractivity contribution < 1.29 is 0 Å². The predicted octanol–water partition coefficient (Wildman–Crippen LogP) is 2.92. The zero-order chi connectivity index (χ0) is 13.4. The first-order valence-corrected chi connectivity index (χ1v) is 9.26. The monoisotopic (exact) mass is 305 g/mol. The molecule has 0 bridgehead atoms. The number of aromatic nitrogens is 1. The fraction of sp³-hybridized carbons (Fsp3) is 0.533. The zero-order valence-electron chi connectivity index (χ0n) is 11.5. The Hall–Kier alpha value is -0.780. The van der Waals surface area contributed by atoms with E-state index in [0.717, 1.165) is 19.1 Å². The number of fused-ring (bicyclic) bond motifs is 1. The molecule has 3 heterocycles. The third kappa shape index (κ3) is 2.32. The molecule has 1 unspecified atom stereocenters. The van der Waals surface area contributed by atoms with E-state index < -0.39 is 0 Å². The summed E-state index contributed by atoms with van der Waals surface area (Å²) in [7, 11) is 0.